The van der Waals surface area contributed by atoms with Crippen molar-refractivity contribution in [1.29, 1.82) is 0 Å². The number of benzene rings is 2. The van der Waals surface area contributed by atoms with E-state index in [-0.39, 0.29) is 23.5 Å². The van der Waals surface area contributed by atoms with Gasteiger partial charge in [-0.3, -0.25) is 9.59 Å². The Morgan fingerprint density at radius 2 is 1.18 bits per heavy atom. The monoisotopic (exact) mass is 294 g/mol. The van der Waals surface area contributed by atoms with Crippen LogP contribution < -0.4 is 0 Å². The van der Waals surface area contributed by atoms with Gasteiger partial charge >= 0.3 is 5.97 Å². The van der Waals surface area contributed by atoms with Crippen molar-refractivity contribution < 1.29 is 14.7 Å². The van der Waals surface area contributed by atoms with E-state index < -0.39 is 11.9 Å². The van der Waals surface area contributed by atoms with Gasteiger partial charge in [0, 0.05) is 17.8 Å². The molecule has 0 aliphatic heterocycles. The molecule has 1 fully saturated rings. The molecule has 0 amide bonds. The summed E-state index contributed by atoms with van der Waals surface area (Å²) in [5, 5.41) is 9.68. The Labute approximate surface area is 129 Å². The zero-order valence-corrected chi connectivity index (χ0v) is 12.3. The summed E-state index contributed by atoms with van der Waals surface area (Å²) in [7, 11) is 0. The Kier molecular flexibility index (Phi) is 3.80. The van der Waals surface area contributed by atoms with E-state index in [1.54, 1.807) is 6.92 Å². The fourth-order valence-corrected chi connectivity index (χ4v) is 3.74. The maximum Gasteiger partial charge on any atom is 0.307 e. The molecule has 112 valence electrons. The van der Waals surface area contributed by atoms with Crippen molar-refractivity contribution in [2.45, 2.75) is 18.8 Å². The number of carbonyl (C=O) groups is 2. The van der Waals surface area contributed by atoms with Crippen LogP contribution >= 0.6 is 0 Å². The molecule has 0 aromatic heterocycles. The summed E-state index contributed by atoms with van der Waals surface area (Å²) >= 11 is 0. The quantitative estimate of drug-likeness (QED) is 0.939. The van der Waals surface area contributed by atoms with Gasteiger partial charge in [-0.1, -0.05) is 60.7 Å². The van der Waals surface area contributed by atoms with Gasteiger partial charge in [-0.25, -0.2) is 0 Å². The zero-order chi connectivity index (χ0) is 15.7. The Morgan fingerprint density at radius 1 is 0.773 bits per heavy atom. The molecular weight excluding hydrogens is 276 g/mol. The molecule has 0 spiro atoms. The van der Waals surface area contributed by atoms with Crippen LogP contribution in [0.3, 0.4) is 0 Å². The first-order valence-electron chi connectivity index (χ1n) is 7.44. The molecule has 1 aliphatic carbocycles. The standard InChI is InChI=1S/C19H18O3/c1-12(20)15-16(13-8-4-2-5-9-13)18(19(21)22)17(15)14-10-6-3-7-11-14/h2-11,15-18H,1H3,(H,21,22)/t15?,16-,17-,18?/m1/s1. The van der Waals surface area contributed by atoms with Crippen LogP contribution in [0.1, 0.15) is 29.9 Å². The third-order valence-corrected chi connectivity index (χ3v) is 4.67. The van der Waals surface area contributed by atoms with E-state index in [0.29, 0.717) is 0 Å². The molecule has 1 aliphatic rings. The maximum atomic E-state index is 12.2. The van der Waals surface area contributed by atoms with Gasteiger partial charge in [0.2, 0.25) is 0 Å². The summed E-state index contributed by atoms with van der Waals surface area (Å²) in [5.74, 6) is -2.10. The first kappa shape index (κ1) is 14.5. The summed E-state index contributed by atoms with van der Waals surface area (Å²) in [6.07, 6.45) is 0. The van der Waals surface area contributed by atoms with Crippen LogP contribution in [0.2, 0.25) is 0 Å². The lowest BCUT2D eigenvalue weighted by Crippen LogP contribution is -2.50. The predicted molar refractivity (Wildman–Crippen MR) is 83.7 cm³/mol. The Bertz CT molecular complexity index is 609. The average molecular weight is 294 g/mol. The molecule has 22 heavy (non-hydrogen) atoms. The molecule has 0 radical (unpaired) electrons. The molecule has 3 heteroatoms. The van der Waals surface area contributed by atoms with Crippen molar-refractivity contribution in [3.63, 3.8) is 0 Å². The number of carboxylic acid groups (broad SMARTS) is 1. The molecule has 2 atom stereocenters. The fraction of sp³-hybridized carbons (Fsp3) is 0.263. The second-order valence-electron chi connectivity index (χ2n) is 5.87. The number of hydrogen-bond donors (Lipinski definition) is 1. The second kappa shape index (κ2) is 5.76. The van der Waals surface area contributed by atoms with E-state index in [9.17, 15) is 14.7 Å². The predicted octanol–water partition coefficient (Wildman–Crippen LogP) is 3.47. The smallest absolute Gasteiger partial charge is 0.307 e. The SMILES string of the molecule is CC(=O)C1[C@@H](c2ccccc2)C(C(=O)O)[C@@H]1c1ccccc1. The van der Waals surface area contributed by atoms with Crippen molar-refractivity contribution in [3.05, 3.63) is 71.8 Å². The molecule has 1 N–H and O–H groups in total. The minimum absolute atomic E-state index is 0.0557. The summed E-state index contributed by atoms with van der Waals surface area (Å²) < 4.78 is 0. The molecule has 2 aromatic rings. The van der Waals surface area contributed by atoms with Crippen LogP contribution in [-0.2, 0) is 9.59 Å². The highest BCUT2D eigenvalue weighted by molar-refractivity contribution is 5.87. The van der Waals surface area contributed by atoms with Crippen LogP contribution in [0.5, 0.6) is 0 Å². The summed E-state index contributed by atoms with van der Waals surface area (Å²) in [6.45, 7) is 1.56. The lowest BCUT2D eigenvalue weighted by atomic mass is 9.51. The highest BCUT2D eigenvalue weighted by atomic mass is 16.4. The number of carboxylic acids is 1. The van der Waals surface area contributed by atoms with Crippen molar-refractivity contribution in [2.24, 2.45) is 11.8 Å². The molecule has 0 heterocycles. The zero-order valence-electron chi connectivity index (χ0n) is 12.3. The first-order chi connectivity index (χ1) is 10.6. The Morgan fingerprint density at radius 3 is 1.50 bits per heavy atom. The molecule has 3 nitrogen and oxygen atoms in total. The minimum atomic E-state index is -0.833. The Hall–Kier alpha value is -2.42. The molecule has 1 saturated carbocycles. The third kappa shape index (κ3) is 2.33. The number of aliphatic carboxylic acids is 1. The van der Waals surface area contributed by atoms with E-state index in [2.05, 4.69) is 0 Å². The van der Waals surface area contributed by atoms with Gasteiger partial charge in [-0.2, -0.15) is 0 Å². The van der Waals surface area contributed by atoms with Crippen LogP contribution in [0.15, 0.2) is 60.7 Å². The third-order valence-electron chi connectivity index (χ3n) is 4.67. The van der Waals surface area contributed by atoms with E-state index >= 15 is 0 Å². The van der Waals surface area contributed by atoms with E-state index in [1.807, 2.05) is 60.7 Å². The number of rotatable bonds is 4. The molecule has 2 aromatic carbocycles. The largest absolute Gasteiger partial charge is 0.481 e. The normalized spacial score (nSPS) is 27.0. The molecule has 0 saturated heterocycles. The highest BCUT2D eigenvalue weighted by Gasteiger charge is 2.56. The number of carbonyl (C=O) groups excluding carboxylic acids is 1. The Balaban J connectivity index is 2.04. The molecule has 0 unspecified atom stereocenters. The fourth-order valence-electron chi connectivity index (χ4n) is 3.74. The van der Waals surface area contributed by atoms with Crippen molar-refractivity contribution in [2.75, 3.05) is 0 Å². The van der Waals surface area contributed by atoms with E-state index in [0.717, 1.165) is 11.1 Å². The van der Waals surface area contributed by atoms with Crippen LogP contribution in [0.25, 0.3) is 0 Å². The number of ketones is 1. The van der Waals surface area contributed by atoms with Gasteiger partial charge in [-0.15, -0.1) is 0 Å². The van der Waals surface area contributed by atoms with Gasteiger partial charge in [0.05, 0.1) is 5.92 Å². The van der Waals surface area contributed by atoms with E-state index in [1.165, 1.54) is 0 Å². The summed E-state index contributed by atoms with van der Waals surface area (Å²) in [5.41, 5.74) is 1.87. The summed E-state index contributed by atoms with van der Waals surface area (Å²) in [4.78, 5) is 24.0. The average Bonchev–Trinajstić information content (AvgIpc) is 2.47. The van der Waals surface area contributed by atoms with Gasteiger partial charge in [0.25, 0.3) is 0 Å². The van der Waals surface area contributed by atoms with Crippen molar-refractivity contribution >= 4 is 11.8 Å². The second-order valence-corrected chi connectivity index (χ2v) is 5.87. The lowest BCUT2D eigenvalue weighted by Gasteiger charge is -2.49. The topological polar surface area (TPSA) is 54.4 Å². The van der Waals surface area contributed by atoms with Crippen LogP contribution in [0, 0.1) is 11.8 Å². The number of hydrogen-bond acceptors (Lipinski definition) is 2. The number of Topliss-reactive ketones (excluding diaryl/α,β-unsaturated/α-hetero) is 1. The highest BCUT2D eigenvalue weighted by Crippen LogP contribution is 2.57. The van der Waals surface area contributed by atoms with E-state index in [4.69, 9.17) is 0 Å². The van der Waals surface area contributed by atoms with Crippen molar-refractivity contribution in [3.8, 4) is 0 Å². The molecule has 0 bridgehead atoms. The van der Waals surface area contributed by atoms with Gasteiger partial charge in [0.15, 0.2) is 0 Å². The van der Waals surface area contributed by atoms with Gasteiger partial charge < -0.3 is 5.11 Å². The maximum absolute atomic E-state index is 12.2. The summed E-state index contributed by atoms with van der Waals surface area (Å²) in [6, 6.07) is 19.0. The first-order valence-corrected chi connectivity index (χ1v) is 7.44. The van der Waals surface area contributed by atoms with Crippen molar-refractivity contribution in [1.82, 2.24) is 0 Å². The minimum Gasteiger partial charge on any atom is -0.481 e. The van der Waals surface area contributed by atoms with Crippen LogP contribution in [0.4, 0.5) is 0 Å². The van der Waals surface area contributed by atoms with Gasteiger partial charge in [-0.05, 0) is 18.1 Å². The molecule has 3 rings (SSSR count). The van der Waals surface area contributed by atoms with Gasteiger partial charge in [0.1, 0.15) is 5.78 Å². The molecular formula is C19H18O3. The van der Waals surface area contributed by atoms with Crippen LogP contribution in [-0.4, -0.2) is 16.9 Å². The lowest BCUT2D eigenvalue weighted by molar-refractivity contribution is -0.152.